The van der Waals surface area contributed by atoms with E-state index in [1.165, 1.54) is 20.8 Å². The number of rotatable bonds is 9. The molecule has 0 atom stereocenters. The summed E-state index contributed by atoms with van der Waals surface area (Å²) in [6, 6.07) is 7.23. The van der Waals surface area contributed by atoms with Crippen LogP contribution in [-0.4, -0.2) is 42.7 Å². The zero-order valence-corrected chi connectivity index (χ0v) is 16.6. The van der Waals surface area contributed by atoms with Crippen molar-refractivity contribution in [2.45, 2.75) is 33.6 Å². The molecule has 0 bridgehead atoms. The number of benzene rings is 1. The molecule has 7 nitrogen and oxygen atoms in total. The fraction of sp³-hybridized carbons (Fsp3) is 0.474. The Labute approximate surface area is 164 Å². The summed E-state index contributed by atoms with van der Waals surface area (Å²) in [6.45, 7) is 4.42. The van der Waals surface area contributed by atoms with Gasteiger partial charge < -0.3 is 15.2 Å². The average molecular weight is 400 g/mol. The van der Waals surface area contributed by atoms with Crippen molar-refractivity contribution in [3.05, 3.63) is 35.4 Å². The van der Waals surface area contributed by atoms with E-state index >= 15 is 0 Å². The Bertz CT molecular complexity index is 608. The first-order valence-electron chi connectivity index (χ1n) is 8.36. The van der Waals surface area contributed by atoms with Crippen LogP contribution in [0.5, 0.6) is 0 Å². The molecule has 8 heteroatoms. The molecule has 1 rings (SSSR count). The van der Waals surface area contributed by atoms with Crippen LogP contribution in [0.1, 0.15) is 43.1 Å². The average Bonchev–Trinajstić information content (AvgIpc) is 2.60. The summed E-state index contributed by atoms with van der Waals surface area (Å²) >= 11 is 5.52. The first-order chi connectivity index (χ1) is 12.6. The highest BCUT2D eigenvalue weighted by Crippen LogP contribution is 2.13. The SMILES string of the molecule is CC(=O)OCC(CCc1ccc(C(=O)CCl)cc1)COC(C)=O.CC(N)=O. The Balaban J connectivity index is 0.00000153. The van der Waals surface area contributed by atoms with Crippen molar-refractivity contribution in [1.82, 2.24) is 0 Å². The lowest BCUT2D eigenvalue weighted by molar-refractivity contribution is -0.146. The van der Waals surface area contributed by atoms with Crippen LogP contribution >= 0.6 is 11.6 Å². The molecule has 0 fully saturated rings. The van der Waals surface area contributed by atoms with Gasteiger partial charge in [-0.1, -0.05) is 24.3 Å². The van der Waals surface area contributed by atoms with Crippen LogP contribution in [-0.2, 0) is 30.3 Å². The largest absolute Gasteiger partial charge is 0.465 e. The number of carbonyl (C=O) groups excluding carboxylic acids is 4. The molecule has 150 valence electrons. The van der Waals surface area contributed by atoms with Gasteiger partial charge in [-0.05, 0) is 18.4 Å². The minimum Gasteiger partial charge on any atom is -0.465 e. The summed E-state index contributed by atoms with van der Waals surface area (Å²) in [7, 11) is 0. The Morgan fingerprint density at radius 2 is 1.41 bits per heavy atom. The highest BCUT2D eigenvalue weighted by Gasteiger charge is 2.13. The second-order valence-electron chi connectivity index (χ2n) is 5.87. The predicted molar refractivity (Wildman–Crippen MR) is 101 cm³/mol. The summed E-state index contributed by atoms with van der Waals surface area (Å²) in [5.41, 5.74) is 6.10. The molecule has 27 heavy (non-hydrogen) atoms. The van der Waals surface area contributed by atoms with Crippen molar-refractivity contribution >= 4 is 35.2 Å². The predicted octanol–water partition coefficient (Wildman–Crippen LogP) is 2.27. The molecule has 0 spiro atoms. The van der Waals surface area contributed by atoms with Crippen LogP contribution in [0.3, 0.4) is 0 Å². The normalized spacial score (nSPS) is 9.81. The van der Waals surface area contributed by atoms with Gasteiger partial charge in [-0.25, -0.2) is 0 Å². The van der Waals surface area contributed by atoms with E-state index in [4.69, 9.17) is 21.1 Å². The van der Waals surface area contributed by atoms with Gasteiger partial charge >= 0.3 is 11.9 Å². The number of amides is 1. The molecule has 0 aliphatic heterocycles. The molecule has 0 unspecified atom stereocenters. The molecule has 0 saturated heterocycles. The van der Waals surface area contributed by atoms with Crippen molar-refractivity contribution < 1.29 is 28.7 Å². The molecular weight excluding hydrogens is 374 g/mol. The standard InChI is InChI=1S/C17H21ClO5.C2H5NO/c1-12(19)22-10-15(11-23-13(2)20)4-3-14-5-7-16(8-6-14)17(21)9-18;1-2(3)4/h5-8,15H,3-4,9-11H2,1-2H3;1H3,(H2,3,4). The molecule has 2 N–H and O–H groups in total. The number of ketones is 1. The zero-order valence-electron chi connectivity index (χ0n) is 15.8. The Morgan fingerprint density at radius 3 is 1.78 bits per heavy atom. The van der Waals surface area contributed by atoms with Crippen LogP contribution in [0.2, 0.25) is 0 Å². The first-order valence-corrected chi connectivity index (χ1v) is 8.90. The van der Waals surface area contributed by atoms with Crippen molar-refractivity contribution in [2.24, 2.45) is 11.7 Å². The van der Waals surface area contributed by atoms with E-state index in [9.17, 15) is 19.2 Å². The molecule has 1 aromatic rings. The van der Waals surface area contributed by atoms with Crippen molar-refractivity contribution in [2.75, 3.05) is 19.1 Å². The van der Waals surface area contributed by atoms with Crippen molar-refractivity contribution in [3.63, 3.8) is 0 Å². The number of hydrogen-bond acceptors (Lipinski definition) is 6. The van der Waals surface area contributed by atoms with Crippen LogP contribution < -0.4 is 5.73 Å². The maximum absolute atomic E-state index is 11.5. The number of halogens is 1. The number of Topliss-reactive ketones (excluding diaryl/α,β-unsaturated/α-hetero) is 1. The molecular formula is C19H26ClNO6. The summed E-state index contributed by atoms with van der Waals surface area (Å²) in [5, 5.41) is 0. The number of esters is 2. The van der Waals surface area contributed by atoms with Gasteiger partial charge in [0.25, 0.3) is 0 Å². The van der Waals surface area contributed by atoms with Gasteiger partial charge in [-0.2, -0.15) is 0 Å². The molecule has 0 aliphatic rings. The topological polar surface area (TPSA) is 113 Å². The number of alkyl halides is 1. The first kappa shape index (κ1) is 24.6. The van der Waals surface area contributed by atoms with E-state index < -0.39 is 0 Å². The third-order valence-electron chi connectivity index (χ3n) is 3.28. The van der Waals surface area contributed by atoms with Crippen molar-refractivity contribution in [3.8, 4) is 0 Å². The van der Waals surface area contributed by atoms with Crippen LogP contribution in [0.4, 0.5) is 0 Å². The highest BCUT2D eigenvalue weighted by atomic mass is 35.5. The number of carbonyl (C=O) groups is 4. The maximum atomic E-state index is 11.5. The second-order valence-corrected chi connectivity index (χ2v) is 6.14. The molecule has 0 radical (unpaired) electrons. The smallest absolute Gasteiger partial charge is 0.302 e. The number of nitrogens with two attached hydrogens (primary N) is 1. The quantitative estimate of drug-likeness (QED) is 0.387. The summed E-state index contributed by atoms with van der Waals surface area (Å²) in [5.74, 6) is -1.26. The Kier molecular flexibility index (Phi) is 12.5. The molecule has 1 aromatic carbocycles. The summed E-state index contributed by atoms with van der Waals surface area (Å²) < 4.78 is 10.0. The molecule has 0 saturated carbocycles. The highest BCUT2D eigenvalue weighted by molar-refractivity contribution is 6.30. The lowest BCUT2D eigenvalue weighted by atomic mass is 9.99. The fourth-order valence-electron chi connectivity index (χ4n) is 1.99. The van der Waals surface area contributed by atoms with Crippen molar-refractivity contribution in [1.29, 1.82) is 0 Å². The number of primary amides is 1. The van der Waals surface area contributed by atoms with E-state index in [1.807, 2.05) is 12.1 Å². The fourth-order valence-corrected chi connectivity index (χ4v) is 2.14. The lowest BCUT2D eigenvalue weighted by Crippen LogP contribution is -2.20. The minimum absolute atomic E-state index is 0.0355. The Hall–Kier alpha value is -2.41. The second kappa shape index (κ2) is 13.7. The van der Waals surface area contributed by atoms with E-state index in [-0.39, 0.29) is 48.6 Å². The van der Waals surface area contributed by atoms with Gasteiger partial charge in [-0.15, -0.1) is 11.6 Å². The third-order valence-corrected chi connectivity index (χ3v) is 3.53. The maximum Gasteiger partial charge on any atom is 0.302 e. The monoisotopic (exact) mass is 399 g/mol. The number of hydrogen-bond donors (Lipinski definition) is 1. The molecule has 1 amide bonds. The summed E-state index contributed by atoms with van der Waals surface area (Å²) in [6.07, 6.45) is 1.42. The summed E-state index contributed by atoms with van der Waals surface area (Å²) in [4.78, 5) is 42.5. The van der Waals surface area contributed by atoms with Gasteiger partial charge in [0, 0.05) is 32.3 Å². The Morgan fingerprint density at radius 1 is 0.963 bits per heavy atom. The van der Waals surface area contributed by atoms with Gasteiger partial charge in [0.1, 0.15) is 0 Å². The van der Waals surface area contributed by atoms with Gasteiger partial charge in [0.15, 0.2) is 5.78 Å². The molecule has 0 heterocycles. The third kappa shape index (κ3) is 13.5. The van der Waals surface area contributed by atoms with E-state index in [0.717, 1.165) is 12.0 Å². The molecule has 0 aromatic heterocycles. The van der Waals surface area contributed by atoms with Gasteiger partial charge in [0.05, 0.1) is 19.1 Å². The number of aryl methyl sites for hydroxylation is 1. The van der Waals surface area contributed by atoms with Crippen LogP contribution in [0, 0.1) is 5.92 Å². The van der Waals surface area contributed by atoms with E-state index in [0.29, 0.717) is 12.0 Å². The zero-order chi connectivity index (χ0) is 20.8. The van der Waals surface area contributed by atoms with Gasteiger partial charge in [-0.3, -0.25) is 19.2 Å². The van der Waals surface area contributed by atoms with Gasteiger partial charge in [0.2, 0.25) is 5.91 Å². The lowest BCUT2D eigenvalue weighted by Gasteiger charge is -2.16. The minimum atomic E-state index is -0.359. The van der Waals surface area contributed by atoms with Crippen LogP contribution in [0.25, 0.3) is 0 Å². The van der Waals surface area contributed by atoms with E-state index in [1.54, 1.807) is 12.1 Å². The van der Waals surface area contributed by atoms with E-state index in [2.05, 4.69) is 5.73 Å². The number of ether oxygens (including phenoxy) is 2. The van der Waals surface area contributed by atoms with Crippen LogP contribution in [0.15, 0.2) is 24.3 Å². The molecule has 0 aliphatic carbocycles.